The summed E-state index contributed by atoms with van der Waals surface area (Å²) in [6.07, 6.45) is 2.36. The van der Waals surface area contributed by atoms with Gasteiger partial charge in [-0.1, -0.05) is 43.2 Å². The fourth-order valence-corrected chi connectivity index (χ4v) is 1.67. The number of hydrogen-bond acceptors (Lipinski definition) is 2. The molecule has 0 spiro atoms. The lowest BCUT2D eigenvalue weighted by Crippen LogP contribution is -2.23. The SMILES string of the molecule is CCCCOCCNC(C)c1ccc(C)cc1. The lowest BCUT2D eigenvalue weighted by Gasteiger charge is -2.14. The summed E-state index contributed by atoms with van der Waals surface area (Å²) in [6.45, 7) is 9.09. The minimum atomic E-state index is 0.394. The standard InChI is InChI=1S/C15H25NO/c1-4-5-11-17-12-10-16-14(3)15-8-6-13(2)7-9-15/h6-9,14,16H,4-5,10-12H2,1-3H3. The predicted molar refractivity (Wildman–Crippen MR) is 73.3 cm³/mol. The number of hydrogen-bond donors (Lipinski definition) is 1. The molecule has 17 heavy (non-hydrogen) atoms. The van der Waals surface area contributed by atoms with E-state index in [0.717, 1.165) is 26.2 Å². The minimum Gasteiger partial charge on any atom is -0.380 e. The average Bonchev–Trinajstić information content (AvgIpc) is 2.34. The quantitative estimate of drug-likeness (QED) is 0.697. The van der Waals surface area contributed by atoms with Crippen LogP contribution >= 0.6 is 0 Å². The molecular formula is C15H25NO. The molecule has 1 rings (SSSR count). The largest absolute Gasteiger partial charge is 0.380 e. The lowest BCUT2D eigenvalue weighted by atomic mass is 10.1. The molecule has 1 atom stereocenters. The Morgan fingerprint density at radius 1 is 1.18 bits per heavy atom. The van der Waals surface area contributed by atoms with E-state index in [1.807, 2.05) is 0 Å². The summed E-state index contributed by atoms with van der Waals surface area (Å²) in [6, 6.07) is 9.08. The van der Waals surface area contributed by atoms with Crippen molar-refractivity contribution in [3.8, 4) is 0 Å². The van der Waals surface area contributed by atoms with Crippen molar-refractivity contribution in [2.45, 2.75) is 39.7 Å². The highest BCUT2D eigenvalue weighted by Gasteiger charge is 2.03. The fraction of sp³-hybridized carbons (Fsp3) is 0.600. The smallest absolute Gasteiger partial charge is 0.0591 e. The molecule has 0 heterocycles. The van der Waals surface area contributed by atoms with Crippen LogP contribution in [0.15, 0.2) is 24.3 Å². The van der Waals surface area contributed by atoms with E-state index < -0.39 is 0 Å². The Bertz CT molecular complexity index is 294. The van der Waals surface area contributed by atoms with Gasteiger partial charge in [-0.2, -0.15) is 0 Å². The summed E-state index contributed by atoms with van der Waals surface area (Å²) in [4.78, 5) is 0. The van der Waals surface area contributed by atoms with Crippen molar-refractivity contribution < 1.29 is 4.74 Å². The second-order valence-corrected chi connectivity index (χ2v) is 4.55. The van der Waals surface area contributed by atoms with Crippen molar-refractivity contribution in [2.75, 3.05) is 19.8 Å². The van der Waals surface area contributed by atoms with Crippen molar-refractivity contribution in [2.24, 2.45) is 0 Å². The molecule has 0 bridgehead atoms. The summed E-state index contributed by atoms with van der Waals surface area (Å²) >= 11 is 0. The number of ether oxygens (including phenoxy) is 1. The average molecular weight is 235 g/mol. The molecule has 0 amide bonds. The van der Waals surface area contributed by atoms with Crippen molar-refractivity contribution in [3.05, 3.63) is 35.4 Å². The van der Waals surface area contributed by atoms with Gasteiger partial charge in [0, 0.05) is 19.2 Å². The van der Waals surface area contributed by atoms with Gasteiger partial charge < -0.3 is 10.1 Å². The number of nitrogens with one attached hydrogen (secondary N) is 1. The Balaban J connectivity index is 2.16. The number of unbranched alkanes of at least 4 members (excludes halogenated alkanes) is 1. The first-order chi connectivity index (χ1) is 8.24. The van der Waals surface area contributed by atoms with Crippen LogP contribution in [0.2, 0.25) is 0 Å². The van der Waals surface area contributed by atoms with Gasteiger partial charge in [0.2, 0.25) is 0 Å². The zero-order valence-electron chi connectivity index (χ0n) is 11.3. The lowest BCUT2D eigenvalue weighted by molar-refractivity contribution is 0.131. The Labute approximate surface area is 105 Å². The molecule has 0 saturated carbocycles. The van der Waals surface area contributed by atoms with Gasteiger partial charge in [-0.3, -0.25) is 0 Å². The topological polar surface area (TPSA) is 21.3 Å². The first kappa shape index (κ1) is 14.2. The predicted octanol–water partition coefficient (Wildman–Crippen LogP) is 3.46. The van der Waals surface area contributed by atoms with Crippen LogP contribution in [0.5, 0.6) is 0 Å². The molecule has 0 aliphatic carbocycles. The summed E-state index contributed by atoms with van der Waals surface area (Å²) in [5.74, 6) is 0. The molecule has 2 nitrogen and oxygen atoms in total. The van der Waals surface area contributed by atoms with Crippen molar-refractivity contribution >= 4 is 0 Å². The van der Waals surface area contributed by atoms with Crippen LogP contribution in [0, 0.1) is 6.92 Å². The summed E-state index contributed by atoms with van der Waals surface area (Å²) < 4.78 is 5.52. The monoisotopic (exact) mass is 235 g/mol. The van der Waals surface area contributed by atoms with Crippen LogP contribution in [0.4, 0.5) is 0 Å². The van der Waals surface area contributed by atoms with E-state index >= 15 is 0 Å². The molecule has 0 aliphatic rings. The molecule has 1 N–H and O–H groups in total. The normalized spacial score (nSPS) is 12.6. The Morgan fingerprint density at radius 3 is 2.53 bits per heavy atom. The maximum Gasteiger partial charge on any atom is 0.0591 e. The zero-order valence-corrected chi connectivity index (χ0v) is 11.3. The summed E-state index contributed by atoms with van der Waals surface area (Å²) in [5.41, 5.74) is 2.65. The van der Waals surface area contributed by atoms with Crippen LogP contribution in [-0.4, -0.2) is 19.8 Å². The van der Waals surface area contributed by atoms with Gasteiger partial charge >= 0.3 is 0 Å². The number of rotatable bonds is 8. The molecular weight excluding hydrogens is 210 g/mol. The third-order valence-corrected chi connectivity index (χ3v) is 2.92. The summed E-state index contributed by atoms with van der Waals surface area (Å²) in [5, 5.41) is 3.47. The highest BCUT2D eigenvalue weighted by atomic mass is 16.5. The van der Waals surface area contributed by atoms with Gasteiger partial charge in [0.1, 0.15) is 0 Å². The van der Waals surface area contributed by atoms with Gasteiger partial charge in [-0.25, -0.2) is 0 Å². The molecule has 1 unspecified atom stereocenters. The van der Waals surface area contributed by atoms with E-state index in [-0.39, 0.29) is 0 Å². The highest BCUT2D eigenvalue weighted by molar-refractivity contribution is 5.23. The van der Waals surface area contributed by atoms with Crippen molar-refractivity contribution in [1.29, 1.82) is 0 Å². The molecule has 0 aromatic heterocycles. The van der Waals surface area contributed by atoms with E-state index in [1.165, 1.54) is 17.5 Å². The number of benzene rings is 1. The Hall–Kier alpha value is -0.860. The van der Waals surface area contributed by atoms with E-state index in [1.54, 1.807) is 0 Å². The summed E-state index contributed by atoms with van der Waals surface area (Å²) in [7, 11) is 0. The molecule has 0 radical (unpaired) electrons. The van der Waals surface area contributed by atoms with Crippen LogP contribution in [0.25, 0.3) is 0 Å². The molecule has 0 saturated heterocycles. The first-order valence-corrected chi connectivity index (χ1v) is 6.61. The zero-order chi connectivity index (χ0) is 12.5. The van der Waals surface area contributed by atoms with Crippen molar-refractivity contribution in [3.63, 3.8) is 0 Å². The van der Waals surface area contributed by atoms with Crippen molar-refractivity contribution in [1.82, 2.24) is 5.32 Å². The third kappa shape index (κ3) is 5.85. The maximum atomic E-state index is 5.52. The minimum absolute atomic E-state index is 0.394. The van der Waals surface area contributed by atoms with Gasteiger partial charge in [0.05, 0.1) is 6.61 Å². The molecule has 96 valence electrons. The third-order valence-electron chi connectivity index (χ3n) is 2.92. The second kappa shape index (κ2) is 8.26. The van der Waals surface area contributed by atoms with Crippen LogP contribution in [0.1, 0.15) is 43.9 Å². The van der Waals surface area contributed by atoms with Gasteiger partial charge in [-0.15, -0.1) is 0 Å². The fourth-order valence-electron chi connectivity index (χ4n) is 1.67. The van der Waals surface area contributed by atoms with Gasteiger partial charge in [0.15, 0.2) is 0 Å². The number of aryl methyl sites for hydroxylation is 1. The van der Waals surface area contributed by atoms with Crippen LogP contribution in [-0.2, 0) is 4.74 Å². The maximum absolute atomic E-state index is 5.52. The van der Waals surface area contributed by atoms with Crippen LogP contribution < -0.4 is 5.32 Å². The van der Waals surface area contributed by atoms with E-state index in [0.29, 0.717) is 6.04 Å². The molecule has 1 aromatic rings. The molecule has 0 aliphatic heterocycles. The molecule has 2 heteroatoms. The first-order valence-electron chi connectivity index (χ1n) is 6.61. The van der Waals surface area contributed by atoms with Crippen LogP contribution in [0.3, 0.4) is 0 Å². The molecule has 1 aromatic carbocycles. The Morgan fingerprint density at radius 2 is 1.88 bits per heavy atom. The van der Waals surface area contributed by atoms with E-state index in [9.17, 15) is 0 Å². The van der Waals surface area contributed by atoms with E-state index in [4.69, 9.17) is 4.74 Å². The van der Waals surface area contributed by atoms with Gasteiger partial charge in [-0.05, 0) is 25.8 Å². The Kier molecular flexibility index (Phi) is 6.90. The van der Waals surface area contributed by atoms with Gasteiger partial charge in [0.25, 0.3) is 0 Å². The second-order valence-electron chi connectivity index (χ2n) is 4.55. The van der Waals surface area contributed by atoms with E-state index in [2.05, 4.69) is 50.4 Å². The molecule has 0 fully saturated rings. The highest BCUT2D eigenvalue weighted by Crippen LogP contribution is 2.12.